The molecule has 0 radical (unpaired) electrons. The lowest BCUT2D eigenvalue weighted by Gasteiger charge is -2.09. The van der Waals surface area contributed by atoms with Crippen molar-refractivity contribution in [3.8, 4) is 0 Å². The summed E-state index contributed by atoms with van der Waals surface area (Å²) in [6, 6.07) is 12.7. The average molecular weight is 294 g/mol. The van der Waals surface area contributed by atoms with Crippen molar-refractivity contribution < 1.29 is 4.79 Å². The van der Waals surface area contributed by atoms with Gasteiger partial charge in [-0.05, 0) is 11.6 Å². The Hall–Kier alpha value is -3.15. The summed E-state index contributed by atoms with van der Waals surface area (Å²) in [5, 5.41) is 2.74. The van der Waals surface area contributed by atoms with E-state index in [1.807, 2.05) is 34.9 Å². The zero-order chi connectivity index (χ0) is 15.4. The van der Waals surface area contributed by atoms with Crippen molar-refractivity contribution in [3.05, 3.63) is 82.5 Å². The molecule has 6 heteroatoms. The van der Waals surface area contributed by atoms with E-state index < -0.39 is 0 Å². The second-order valence-electron chi connectivity index (χ2n) is 4.76. The third-order valence-corrected chi connectivity index (χ3v) is 3.18. The lowest BCUT2D eigenvalue weighted by atomic mass is 10.2. The Kier molecular flexibility index (Phi) is 3.82. The fraction of sp³-hybridized carbons (Fsp3) is 0.0625. The van der Waals surface area contributed by atoms with E-state index in [9.17, 15) is 9.59 Å². The van der Waals surface area contributed by atoms with Crippen LogP contribution >= 0.6 is 0 Å². The molecule has 2 aromatic heterocycles. The predicted molar refractivity (Wildman–Crippen MR) is 82.8 cm³/mol. The van der Waals surface area contributed by atoms with E-state index in [2.05, 4.69) is 15.3 Å². The van der Waals surface area contributed by atoms with Crippen molar-refractivity contribution >= 4 is 11.9 Å². The van der Waals surface area contributed by atoms with Gasteiger partial charge >= 0.3 is 0 Å². The zero-order valence-electron chi connectivity index (χ0n) is 11.7. The molecule has 0 atom stereocenters. The van der Waals surface area contributed by atoms with Gasteiger partial charge in [-0.15, -0.1) is 0 Å². The second kappa shape index (κ2) is 6.09. The van der Waals surface area contributed by atoms with E-state index in [0.717, 1.165) is 5.56 Å². The van der Waals surface area contributed by atoms with Crippen molar-refractivity contribution in [3.63, 3.8) is 0 Å². The van der Waals surface area contributed by atoms with Gasteiger partial charge in [-0.1, -0.05) is 30.3 Å². The van der Waals surface area contributed by atoms with Gasteiger partial charge in [0.1, 0.15) is 0 Å². The molecule has 0 saturated carbocycles. The van der Waals surface area contributed by atoms with Crippen LogP contribution in [0.15, 0.2) is 65.8 Å². The lowest BCUT2D eigenvalue weighted by Crippen LogP contribution is -2.17. The Morgan fingerprint density at radius 3 is 2.73 bits per heavy atom. The first-order chi connectivity index (χ1) is 10.7. The Morgan fingerprint density at radius 2 is 2.00 bits per heavy atom. The van der Waals surface area contributed by atoms with Gasteiger partial charge in [0.15, 0.2) is 0 Å². The molecule has 0 aliphatic rings. The van der Waals surface area contributed by atoms with Gasteiger partial charge in [0.25, 0.3) is 5.91 Å². The maximum absolute atomic E-state index is 12.1. The van der Waals surface area contributed by atoms with E-state index >= 15 is 0 Å². The fourth-order valence-corrected chi connectivity index (χ4v) is 2.07. The van der Waals surface area contributed by atoms with E-state index in [1.54, 1.807) is 12.4 Å². The summed E-state index contributed by atoms with van der Waals surface area (Å²) >= 11 is 0. The molecule has 22 heavy (non-hydrogen) atoms. The number of aromatic nitrogens is 3. The molecule has 3 aromatic rings. The molecule has 0 aliphatic carbocycles. The summed E-state index contributed by atoms with van der Waals surface area (Å²) in [6.07, 6.45) is 4.81. The topological polar surface area (TPSA) is 79.8 Å². The number of benzene rings is 1. The average Bonchev–Trinajstić information content (AvgIpc) is 2.96. The molecule has 110 valence electrons. The molecule has 6 nitrogen and oxygen atoms in total. The Labute approximate surface area is 126 Å². The number of carbonyl (C=O) groups is 1. The highest BCUT2D eigenvalue weighted by Gasteiger charge is 2.10. The van der Waals surface area contributed by atoms with Gasteiger partial charge in [-0.25, -0.2) is 4.98 Å². The first-order valence-corrected chi connectivity index (χ1v) is 6.77. The number of hydrogen-bond donors (Lipinski definition) is 2. The van der Waals surface area contributed by atoms with Crippen LogP contribution < -0.4 is 10.9 Å². The van der Waals surface area contributed by atoms with Crippen LogP contribution in [0.4, 0.5) is 5.95 Å². The minimum atomic E-state index is -0.322. The summed E-state index contributed by atoms with van der Waals surface area (Å²) in [7, 11) is 0. The summed E-state index contributed by atoms with van der Waals surface area (Å²) < 4.78 is 1.85. The van der Waals surface area contributed by atoms with Crippen molar-refractivity contribution in [2.24, 2.45) is 0 Å². The number of nitrogens with one attached hydrogen (secondary N) is 2. The van der Waals surface area contributed by atoms with Crippen LogP contribution in [0.2, 0.25) is 0 Å². The number of amides is 1. The highest BCUT2D eigenvalue weighted by Crippen LogP contribution is 2.10. The standard InChI is InChI=1S/C16H14N4O2/c21-14-7-6-13(10-18-14)15(22)19-16-17-8-9-20(16)11-12-4-2-1-3-5-12/h1-10H,11H2,(H,18,21)(H,17,19,22). The number of anilines is 1. The molecule has 1 aromatic carbocycles. The Balaban J connectivity index is 1.76. The van der Waals surface area contributed by atoms with Crippen molar-refractivity contribution in [1.82, 2.24) is 14.5 Å². The second-order valence-corrected chi connectivity index (χ2v) is 4.76. The zero-order valence-corrected chi connectivity index (χ0v) is 11.7. The molecule has 2 N–H and O–H groups in total. The van der Waals surface area contributed by atoms with E-state index in [-0.39, 0.29) is 11.5 Å². The molecule has 2 heterocycles. The molecule has 0 saturated heterocycles. The summed E-state index contributed by atoms with van der Waals surface area (Å²) in [4.78, 5) is 29.8. The van der Waals surface area contributed by atoms with E-state index in [1.165, 1.54) is 18.3 Å². The van der Waals surface area contributed by atoms with Gasteiger partial charge in [0.05, 0.1) is 12.1 Å². The van der Waals surface area contributed by atoms with E-state index in [4.69, 9.17) is 0 Å². The van der Waals surface area contributed by atoms with Crippen LogP contribution in [0.3, 0.4) is 0 Å². The largest absolute Gasteiger partial charge is 0.328 e. The van der Waals surface area contributed by atoms with Gasteiger partial charge in [0.2, 0.25) is 11.5 Å². The van der Waals surface area contributed by atoms with Crippen molar-refractivity contribution in [2.45, 2.75) is 6.54 Å². The third-order valence-electron chi connectivity index (χ3n) is 3.18. The SMILES string of the molecule is O=C(Nc1nccn1Cc1ccccc1)c1ccc(=O)[nH]c1. The molecule has 0 bridgehead atoms. The maximum Gasteiger partial charge on any atom is 0.259 e. The summed E-state index contributed by atoms with van der Waals surface area (Å²) in [6.45, 7) is 0.613. The van der Waals surface area contributed by atoms with Gasteiger partial charge in [-0.2, -0.15) is 0 Å². The number of aromatic amines is 1. The summed E-state index contributed by atoms with van der Waals surface area (Å²) in [5.41, 5.74) is 1.23. The number of carbonyl (C=O) groups excluding carboxylic acids is 1. The van der Waals surface area contributed by atoms with Crippen LogP contribution in [0, 0.1) is 0 Å². The maximum atomic E-state index is 12.1. The van der Waals surface area contributed by atoms with Gasteiger partial charge < -0.3 is 9.55 Å². The van der Waals surface area contributed by atoms with Crippen LogP contribution in [0.1, 0.15) is 15.9 Å². The molecular weight excluding hydrogens is 280 g/mol. The highest BCUT2D eigenvalue weighted by molar-refractivity contribution is 6.03. The molecular formula is C16H14N4O2. The normalized spacial score (nSPS) is 10.4. The van der Waals surface area contributed by atoms with Gasteiger partial charge in [-0.3, -0.25) is 14.9 Å². The first-order valence-electron chi connectivity index (χ1n) is 6.77. The predicted octanol–water partition coefficient (Wildman–Crippen LogP) is 1.87. The van der Waals surface area contributed by atoms with Crippen molar-refractivity contribution in [2.75, 3.05) is 5.32 Å². The number of imidazole rings is 1. The number of pyridine rings is 1. The molecule has 0 fully saturated rings. The molecule has 0 aliphatic heterocycles. The van der Waals surface area contributed by atoms with Crippen LogP contribution in [0.5, 0.6) is 0 Å². The number of rotatable bonds is 4. The number of H-pyrrole nitrogens is 1. The minimum absolute atomic E-state index is 0.248. The first kappa shape index (κ1) is 13.8. The van der Waals surface area contributed by atoms with Crippen LogP contribution in [-0.4, -0.2) is 20.4 Å². The smallest absolute Gasteiger partial charge is 0.259 e. The van der Waals surface area contributed by atoms with Crippen molar-refractivity contribution in [1.29, 1.82) is 0 Å². The molecule has 0 unspecified atom stereocenters. The van der Waals surface area contributed by atoms with Crippen LogP contribution in [-0.2, 0) is 6.54 Å². The van der Waals surface area contributed by atoms with Crippen LogP contribution in [0.25, 0.3) is 0 Å². The third kappa shape index (κ3) is 3.12. The monoisotopic (exact) mass is 294 g/mol. The quantitative estimate of drug-likeness (QED) is 0.771. The summed E-state index contributed by atoms with van der Waals surface area (Å²) in [5.74, 6) is 0.136. The Bertz CT molecular complexity index is 816. The van der Waals surface area contributed by atoms with Gasteiger partial charge in [0, 0.05) is 24.7 Å². The number of hydrogen-bond acceptors (Lipinski definition) is 3. The Morgan fingerprint density at radius 1 is 1.18 bits per heavy atom. The lowest BCUT2D eigenvalue weighted by molar-refractivity contribution is 0.102. The highest BCUT2D eigenvalue weighted by atomic mass is 16.2. The fourth-order valence-electron chi connectivity index (χ4n) is 2.07. The molecule has 1 amide bonds. The number of nitrogens with zero attached hydrogens (tertiary/aromatic N) is 2. The van der Waals surface area contributed by atoms with E-state index in [0.29, 0.717) is 18.1 Å². The minimum Gasteiger partial charge on any atom is -0.328 e. The molecule has 3 rings (SSSR count). The molecule has 0 spiro atoms.